The van der Waals surface area contributed by atoms with Crippen LogP contribution in [0.5, 0.6) is 0 Å². The van der Waals surface area contributed by atoms with Crippen molar-refractivity contribution in [3.8, 4) is 0 Å². The molecule has 1 aromatic heterocycles. The largest absolute Gasteiger partial charge is 0.481 e. The van der Waals surface area contributed by atoms with Crippen molar-refractivity contribution < 1.29 is 14.7 Å². The maximum atomic E-state index is 12.1. The maximum Gasteiger partial charge on any atom is 0.317 e. The molecular weight excluding hydrogens is 312 g/mol. The first kappa shape index (κ1) is 16.1. The van der Waals surface area contributed by atoms with Crippen molar-refractivity contribution in [3.05, 3.63) is 21.3 Å². The number of halogens is 1. The summed E-state index contributed by atoms with van der Waals surface area (Å²) in [6.07, 6.45) is 2.74. The summed E-state index contributed by atoms with van der Waals surface area (Å²) < 4.78 is 0.714. The van der Waals surface area contributed by atoms with E-state index >= 15 is 0 Å². The monoisotopic (exact) mass is 330 g/mol. The number of likely N-dealkylation sites (tertiary alicyclic amines) is 1. The highest BCUT2D eigenvalue weighted by Gasteiger charge is 2.23. The number of urea groups is 1. The summed E-state index contributed by atoms with van der Waals surface area (Å²) >= 11 is 7.31. The van der Waals surface area contributed by atoms with E-state index in [2.05, 4.69) is 5.32 Å². The predicted molar refractivity (Wildman–Crippen MR) is 82.7 cm³/mol. The van der Waals surface area contributed by atoms with E-state index < -0.39 is 5.97 Å². The summed E-state index contributed by atoms with van der Waals surface area (Å²) in [7, 11) is 0. The van der Waals surface area contributed by atoms with Gasteiger partial charge >= 0.3 is 12.0 Å². The molecule has 2 amide bonds. The lowest BCUT2D eigenvalue weighted by atomic mass is 9.93. The highest BCUT2D eigenvalue weighted by atomic mass is 35.5. The van der Waals surface area contributed by atoms with Crippen LogP contribution in [-0.4, -0.2) is 35.1 Å². The molecule has 2 rings (SSSR count). The first-order valence-corrected chi connectivity index (χ1v) is 8.23. The van der Waals surface area contributed by atoms with Gasteiger partial charge < -0.3 is 15.3 Å². The van der Waals surface area contributed by atoms with Crippen molar-refractivity contribution in [1.82, 2.24) is 10.2 Å². The number of carbonyl (C=O) groups is 2. The molecule has 7 heteroatoms. The Morgan fingerprint density at radius 3 is 2.95 bits per heavy atom. The molecule has 0 bridgehead atoms. The van der Waals surface area contributed by atoms with Gasteiger partial charge in [-0.25, -0.2) is 4.79 Å². The van der Waals surface area contributed by atoms with Gasteiger partial charge in [-0.15, -0.1) is 11.3 Å². The second-order valence-electron chi connectivity index (χ2n) is 5.25. The minimum Gasteiger partial charge on any atom is -0.481 e. The van der Waals surface area contributed by atoms with Crippen molar-refractivity contribution in [2.24, 2.45) is 5.92 Å². The Labute approximate surface area is 132 Å². The van der Waals surface area contributed by atoms with Gasteiger partial charge in [-0.1, -0.05) is 11.6 Å². The first-order valence-electron chi connectivity index (χ1n) is 7.03. The number of rotatable bonds is 5. The number of carboxylic acids is 1. The minimum absolute atomic E-state index is 0.0838. The lowest BCUT2D eigenvalue weighted by molar-refractivity contribution is -0.137. The summed E-state index contributed by atoms with van der Waals surface area (Å²) in [5, 5.41) is 11.6. The van der Waals surface area contributed by atoms with E-state index in [0.717, 1.165) is 24.3 Å². The van der Waals surface area contributed by atoms with Crippen molar-refractivity contribution in [1.29, 1.82) is 0 Å². The second kappa shape index (κ2) is 7.66. The van der Waals surface area contributed by atoms with Crippen LogP contribution < -0.4 is 5.32 Å². The number of hydrogen-bond acceptors (Lipinski definition) is 3. The van der Waals surface area contributed by atoms with Gasteiger partial charge in [0.25, 0.3) is 0 Å². The zero-order chi connectivity index (χ0) is 15.2. The highest BCUT2D eigenvalue weighted by molar-refractivity contribution is 7.16. The number of nitrogens with one attached hydrogen (secondary N) is 1. The quantitative estimate of drug-likeness (QED) is 0.871. The lowest BCUT2D eigenvalue weighted by Gasteiger charge is -2.32. The van der Waals surface area contributed by atoms with Gasteiger partial charge in [0.05, 0.1) is 10.9 Å². The van der Waals surface area contributed by atoms with E-state index in [1.807, 2.05) is 12.1 Å². The van der Waals surface area contributed by atoms with E-state index in [-0.39, 0.29) is 18.4 Å². The van der Waals surface area contributed by atoms with Crippen LogP contribution in [-0.2, 0) is 11.3 Å². The molecule has 1 fully saturated rings. The molecule has 1 aliphatic rings. The van der Waals surface area contributed by atoms with Crippen LogP contribution in [0.2, 0.25) is 4.34 Å². The van der Waals surface area contributed by atoms with E-state index in [1.165, 1.54) is 11.3 Å². The molecule has 0 radical (unpaired) electrons. The van der Waals surface area contributed by atoms with E-state index in [4.69, 9.17) is 16.7 Å². The van der Waals surface area contributed by atoms with Crippen LogP contribution in [0.4, 0.5) is 4.79 Å². The Balaban J connectivity index is 1.77. The third kappa shape index (κ3) is 5.21. The summed E-state index contributed by atoms with van der Waals surface area (Å²) in [6, 6.07) is 3.63. The van der Waals surface area contributed by atoms with Crippen LogP contribution in [0, 0.1) is 5.92 Å². The van der Waals surface area contributed by atoms with Crippen LogP contribution in [0.1, 0.15) is 30.6 Å². The lowest BCUT2D eigenvalue weighted by Crippen LogP contribution is -2.45. The molecule has 5 nitrogen and oxygen atoms in total. The highest BCUT2D eigenvalue weighted by Crippen LogP contribution is 2.22. The fraction of sp³-hybridized carbons (Fsp3) is 0.571. The first-order chi connectivity index (χ1) is 10.0. The van der Waals surface area contributed by atoms with Crippen LogP contribution in [0.3, 0.4) is 0 Å². The standard InChI is InChI=1S/C14H19ClN2O3S/c15-12-5-4-11(21-12)8-16-14(20)17-7-1-2-10(9-17)3-6-13(18)19/h4-5,10H,1-3,6-9H2,(H,16,20)(H,18,19). The van der Waals surface area contributed by atoms with Gasteiger partial charge in [-0.05, 0) is 37.3 Å². The predicted octanol–water partition coefficient (Wildman–Crippen LogP) is 3.19. The molecule has 21 heavy (non-hydrogen) atoms. The Kier molecular flexibility index (Phi) is 5.87. The number of hydrogen-bond donors (Lipinski definition) is 2. The van der Waals surface area contributed by atoms with Crippen molar-refractivity contribution in [2.45, 2.75) is 32.2 Å². The number of amides is 2. The zero-order valence-corrected chi connectivity index (χ0v) is 13.3. The molecule has 1 saturated heterocycles. The van der Waals surface area contributed by atoms with Crippen molar-refractivity contribution >= 4 is 34.9 Å². The van der Waals surface area contributed by atoms with E-state index in [1.54, 1.807) is 4.90 Å². The van der Waals surface area contributed by atoms with E-state index in [0.29, 0.717) is 23.8 Å². The zero-order valence-electron chi connectivity index (χ0n) is 11.7. The average Bonchev–Trinajstić information content (AvgIpc) is 2.88. The molecule has 0 aliphatic carbocycles. The van der Waals surface area contributed by atoms with Gasteiger partial charge in [0.1, 0.15) is 0 Å². The Morgan fingerprint density at radius 1 is 1.48 bits per heavy atom. The van der Waals surface area contributed by atoms with Crippen molar-refractivity contribution in [3.63, 3.8) is 0 Å². The SMILES string of the molecule is O=C(O)CCC1CCCN(C(=O)NCc2ccc(Cl)s2)C1. The fourth-order valence-corrected chi connectivity index (χ4v) is 3.56. The fourth-order valence-electron chi connectivity index (χ4n) is 2.53. The maximum absolute atomic E-state index is 12.1. The Bertz CT molecular complexity index is 506. The summed E-state index contributed by atoms with van der Waals surface area (Å²) in [6.45, 7) is 1.86. The van der Waals surface area contributed by atoms with E-state index in [9.17, 15) is 9.59 Å². The molecule has 0 saturated carbocycles. The smallest absolute Gasteiger partial charge is 0.317 e. The molecule has 0 aromatic carbocycles. The number of aliphatic carboxylic acids is 1. The van der Waals surface area contributed by atoms with Gasteiger partial charge in [-0.3, -0.25) is 4.79 Å². The second-order valence-corrected chi connectivity index (χ2v) is 7.05. The van der Waals surface area contributed by atoms with Crippen molar-refractivity contribution in [2.75, 3.05) is 13.1 Å². The number of carboxylic acid groups (broad SMARTS) is 1. The number of thiophene rings is 1. The molecule has 0 spiro atoms. The summed E-state index contributed by atoms with van der Waals surface area (Å²) in [4.78, 5) is 25.6. The Morgan fingerprint density at radius 2 is 2.29 bits per heavy atom. The molecule has 1 atom stereocenters. The molecule has 2 N–H and O–H groups in total. The average molecular weight is 331 g/mol. The molecule has 1 aromatic rings. The molecule has 1 aliphatic heterocycles. The molecular formula is C14H19ClN2O3S. The number of nitrogens with zero attached hydrogens (tertiary/aromatic N) is 1. The Hall–Kier alpha value is -1.27. The van der Waals surface area contributed by atoms with Gasteiger partial charge in [-0.2, -0.15) is 0 Å². The molecule has 116 valence electrons. The van der Waals surface area contributed by atoms with Crippen LogP contribution in [0.15, 0.2) is 12.1 Å². The van der Waals surface area contributed by atoms with Crippen LogP contribution in [0.25, 0.3) is 0 Å². The van der Waals surface area contributed by atoms with Gasteiger partial charge in [0.15, 0.2) is 0 Å². The normalized spacial score (nSPS) is 18.5. The molecule has 2 heterocycles. The van der Waals surface area contributed by atoms with Gasteiger partial charge in [0.2, 0.25) is 0 Å². The van der Waals surface area contributed by atoms with Gasteiger partial charge in [0, 0.05) is 24.4 Å². The third-order valence-electron chi connectivity index (χ3n) is 3.62. The topological polar surface area (TPSA) is 69.6 Å². The van der Waals surface area contributed by atoms with Crippen LogP contribution >= 0.6 is 22.9 Å². The summed E-state index contributed by atoms with van der Waals surface area (Å²) in [5.41, 5.74) is 0. The third-order valence-corrected chi connectivity index (χ3v) is 4.85. The molecule has 1 unspecified atom stereocenters. The summed E-state index contributed by atoms with van der Waals surface area (Å²) in [5.74, 6) is -0.483. The number of carbonyl (C=O) groups excluding carboxylic acids is 1. The minimum atomic E-state index is -0.772. The number of piperidine rings is 1.